The minimum Gasteiger partial charge on any atom is -0.454 e. The summed E-state index contributed by atoms with van der Waals surface area (Å²) >= 11 is 7.55. The zero-order chi connectivity index (χ0) is 19.1. The molecule has 0 radical (unpaired) electrons. The number of carbonyl (C=O) groups excluding carboxylic acids is 1. The second-order valence-electron chi connectivity index (χ2n) is 6.17. The summed E-state index contributed by atoms with van der Waals surface area (Å²) in [6, 6.07) is 12.7. The Labute approximate surface area is 169 Å². The van der Waals surface area contributed by atoms with Crippen molar-refractivity contribution in [1.82, 2.24) is 9.38 Å². The molecule has 0 N–H and O–H groups in total. The quantitative estimate of drug-likeness (QED) is 0.338. The van der Waals surface area contributed by atoms with Gasteiger partial charge in [-0.25, -0.2) is 4.98 Å². The van der Waals surface area contributed by atoms with Gasteiger partial charge in [-0.3, -0.25) is 9.20 Å². The average molecular weight is 409 g/mol. The fourth-order valence-corrected chi connectivity index (χ4v) is 3.93. The van der Waals surface area contributed by atoms with E-state index in [-0.39, 0.29) is 12.6 Å². The van der Waals surface area contributed by atoms with Crippen molar-refractivity contribution in [3.8, 4) is 22.8 Å². The van der Waals surface area contributed by atoms with Crippen LogP contribution in [0.1, 0.15) is 16.1 Å². The number of allylic oxidation sites excluding steroid dienone is 1. The van der Waals surface area contributed by atoms with Gasteiger partial charge in [0, 0.05) is 27.7 Å². The van der Waals surface area contributed by atoms with Crippen molar-refractivity contribution < 1.29 is 14.3 Å². The third kappa shape index (κ3) is 2.96. The first-order valence-corrected chi connectivity index (χ1v) is 9.78. The SMILES string of the molecule is O=C(/C=C/c1c(-c2ccc(Cl)cc2)nc2sccn12)c1ccc2c(c1)OCO2. The highest BCUT2D eigenvalue weighted by Gasteiger charge is 2.16. The molecule has 138 valence electrons. The summed E-state index contributed by atoms with van der Waals surface area (Å²) in [4.78, 5) is 18.2. The molecule has 0 spiro atoms. The number of imidazole rings is 1. The molecule has 28 heavy (non-hydrogen) atoms. The Morgan fingerprint density at radius 1 is 1.14 bits per heavy atom. The highest BCUT2D eigenvalue weighted by molar-refractivity contribution is 7.15. The van der Waals surface area contributed by atoms with Crippen LogP contribution < -0.4 is 9.47 Å². The molecule has 0 aliphatic carbocycles. The van der Waals surface area contributed by atoms with Gasteiger partial charge in [0.15, 0.2) is 22.2 Å². The summed E-state index contributed by atoms with van der Waals surface area (Å²) in [6.07, 6.45) is 5.29. The number of ketones is 1. The lowest BCUT2D eigenvalue weighted by atomic mass is 10.1. The molecule has 0 bridgehead atoms. The van der Waals surface area contributed by atoms with Crippen molar-refractivity contribution in [2.24, 2.45) is 0 Å². The minimum atomic E-state index is -0.120. The van der Waals surface area contributed by atoms with Gasteiger partial charge in [-0.15, -0.1) is 11.3 Å². The Morgan fingerprint density at radius 2 is 1.96 bits per heavy atom. The Bertz CT molecular complexity index is 1220. The highest BCUT2D eigenvalue weighted by Crippen LogP contribution is 2.33. The summed E-state index contributed by atoms with van der Waals surface area (Å²) in [6.45, 7) is 0.180. The third-order valence-electron chi connectivity index (χ3n) is 4.47. The van der Waals surface area contributed by atoms with Gasteiger partial charge in [0.25, 0.3) is 0 Å². The van der Waals surface area contributed by atoms with E-state index >= 15 is 0 Å². The van der Waals surface area contributed by atoms with Crippen molar-refractivity contribution in [2.45, 2.75) is 0 Å². The highest BCUT2D eigenvalue weighted by atomic mass is 35.5. The monoisotopic (exact) mass is 408 g/mol. The molecule has 2 aromatic heterocycles. The number of benzene rings is 2. The fraction of sp³-hybridized carbons (Fsp3) is 0.0476. The van der Waals surface area contributed by atoms with Gasteiger partial charge in [0.2, 0.25) is 6.79 Å². The Kier molecular flexibility index (Phi) is 4.15. The van der Waals surface area contributed by atoms with Crippen LogP contribution in [0.4, 0.5) is 0 Å². The standard InChI is InChI=1S/C21H13ClN2O3S/c22-15-4-1-13(2-5-15)20-16(24-9-10-28-21(24)23-20)6-7-17(25)14-3-8-18-19(11-14)27-12-26-18/h1-11H,12H2/b7-6+. The predicted molar refractivity (Wildman–Crippen MR) is 109 cm³/mol. The molecule has 0 saturated carbocycles. The normalized spacial score (nSPS) is 12.9. The van der Waals surface area contributed by atoms with E-state index in [1.165, 1.54) is 0 Å². The second kappa shape index (κ2) is 6.82. The van der Waals surface area contributed by atoms with E-state index in [2.05, 4.69) is 0 Å². The zero-order valence-electron chi connectivity index (χ0n) is 14.5. The van der Waals surface area contributed by atoms with Gasteiger partial charge in [-0.2, -0.15) is 0 Å². The number of aromatic nitrogens is 2. The van der Waals surface area contributed by atoms with Crippen LogP contribution in [-0.2, 0) is 0 Å². The smallest absolute Gasteiger partial charge is 0.231 e. The van der Waals surface area contributed by atoms with Crippen LogP contribution in [0.25, 0.3) is 22.3 Å². The van der Waals surface area contributed by atoms with Gasteiger partial charge in [-0.1, -0.05) is 23.7 Å². The van der Waals surface area contributed by atoms with Crippen LogP contribution in [0.15, 0.2) is 60.1 Å². The Morgan fingerprint density at radius 3 is 2.82 bits per heavy atom. The number of carbonyl (C=O) groups is 1. The zero-order valence-corrected chi connectivity index (χ0v) is 16.0. The largest absolute Gasteiger partial charge is 0.454 e. The van der Waals surface area contributed by atoms with Crippen molar-refractivity contribution in [3.63, 3.8) is 0 Å². The third-order valence-corrected chi connectivity index (χ3v) is 5.47. The van der Waals surface area contributed by atoms with E-state index in [9.17, 15) is 4.79 Å². The number of fused-ring (bicyclic) bond motifs is 2. The lowest BCUT2D eigenvalue weighted by molar-refractivity contribution is 0.104. The van der Waals surface area contributed by atoms with Gasteiger partial charge < -0.3 is 9.47 Å². The summed E-state index contributed by atoms with van der Waals surface area (Å²) in [5.74, 6) is 1.12. The summed E-state index contributed by atoms with van der Waals surface area (Å²) in [7, 11) is 0. The molecular weight excluding hydrogens is 396 g/mol. The van der Waals surface area contributed by atoms with E-state index < -0.39 is 0 Å². The van der Waals surface area contributed by atoms with Crippen LogP contribution in [-0.4, -0.2) is 22.0 Å². The maximum Gasteiger partial charge on any atom is 0.231 e. The van der Waals surface area contributed by atoms with Crippen molar-refractivity contribution >= 4 is 39.8 Å². The lowest BCUT2D eigenvalue weighted by Gasteiger charge is -2.01. The number of nitrogens with zero attached hydrogens (tertiary/aromatic N) is 2. The first-order valence-electron chi connectivity index (χ1n) is 8.52. The van der Waals surface area contributed by atoms with Gasteiger partial charge in [-0.05, 0) is 42.5 Å². The van der Waals surface area contributed by atoms with E-state index in [1.54, 1.807) is 41.7 Å². The predicted octanol–water partition coefficient (Wildman–Crippen LogP) is 5.34. The number of rotatable bonds is 4. The van der Waals surface area contributed by atoms with Crippen LogP contribution in [0.5, 0.6) is 11.5 Å². The molecule has 5 nitrogen and oxygen atoms in total. The molecule has 5 rings (SSSR count). The van der Waals surface area contributed by atoms with E-state index in [4.69, 9.17) is 26.1 Å². The maximum atomic E-state index is 12.7. The first-order chi connectivity index (χ1) is 13.7. The molecule has 0 fully saturated rings. The van der Waals surface area contributed by atoms with E-state index in [1.807, 2.05) is 40.2 Å². The molecule has 1 aliphatic rings. The number of hydrogen-bond donors (Lipinski definition) is 0. The van der Waals surface area contributed by atoms with Gasteiger partial charge >= 0.3 is 0 Å². The van der Waals surface area contributed by atoms with Crippen LogP contribution >= 0.6 is 22.9 Å². The van der Waals surface area contributed by atoms with Crippen molar-refractivity contribution in [2.75, 3.05) is 6.79 Å². The fourth-order valence-electron chi connectivity index (χ4n) is 3.08. The summed E-state index contributed by atoms with van der Waals surface area (Å²) in [5, 5.41) is 2.63. The molecule has 1 aliphatic heterocycles. The Hall–Kier alpha value is -3.09. The summed E-state index contributed by atoms with van der Waals surface area (Å²) < 4.78 is 12.6. The van der Waals surface area contributed by atoms with Crippen LogP contribution in [0, 0.1) is 0 Å². The number of thiazole rings is 1. The molecule has 4 aromatic rings. The lowest BCUT2D eigenvalue weighted by Crippen LogP contribution is -1.95. The minimum absolute atomic E-state index is 0.120. The van der Waals surface area contributed by atoms with E-state index in [0.29, 0.717) is 22.1 Å². The molecule has 0 saturated heterocycles. The molecule has 2 aromatic carbocycles. The van der Waals surface area contributed by atoms with Crippen molar-refractivity contribution in [3.05, 3.63) is 76.4 Å². The number of ether oxygens (including phenoxy) is 2. The van der Waals surface area contributed by atoms with Crippen LogP contribution in [0.2, 0.25) is 5.02 Å². The summed E-state index contributed by atoms with van der Waals surface area (Å²) in [5.41, 5.74) is 3.13. The number of halogens is 1. The topological polar surface area (TPSA) is 52.8 Å². The molecule has 7 heteroatoms. The molecule has 0 unspecified atom stereocenters. The maximum absolute atomic E-state index is 12.7. The average Bonchev–Trinajstić information content (AvgIpc) is 3.42. The molecule has 0 atom stereocenters. The van der Waals surface area contributed by atoms with Crippen LogP contribution in [0.3, 0.4) is 0 Å². The first kappa shape index (κ1) is 17.0. The molecular formula is C21H13ClN2O3S. The Balaban J connectivity index is 1.52. The van der Waals surface area contributed by atoms with E-state index in [0.717, 1.165) is 21.9 Å². The van der Waals surface area contributed by atoms with Gasteiger partial charge in [0.05, 0.1) is 11.4 Å². The second-order valence-corrected chi connectivity index (χ2v) is 7.48. The van der Waals surface area contributed by atoms with Crippen molar-refractivity contribution in [1.29, 1.82) is 0 Å². The molecule has 0 amide bonds. The number of hydrogen-bond acceptors (Lipinski definition) is 5. The molecule has 3 heterocycles. The van der Waals surface area contributed by atoms with Gasteiger partial charge in [0.1, 0.15) is 0 Å².